The van der Waals surface area contributed by atoms with E-state index in [9.17, 15) is 14.4 Å². The smallest absolute Gasteiger partial charge is 0.449 e. The molecule has 7 nitrogen and oxygen atoms in total. The molecule has 0 radical (unpaired) electrons. The van der Waals surface area contributed by atoms with Crippen LogP contribution >= 0.6 is 0 Å². The standard InChI is InChI=1S/C11H16N2O5/c1-4-7-8(18-11(16)17)9(14)13(6-3)10(15)12(7)5-2/h4-6H2,1-3H3,(H,16,17). The van der Waals surface area contributed by atoms with Crippen LogP contribution in [0.4, 0.5) is 4.79 Å². The van der Waals surface area contributed by atoms with Crippen LogP contribution in [0.25, 0.3) is 0 Å². The summed E-state index contributed by atoms with van der Waals surface area (Å²) in [6.07, 6.45) is -1.23. The van der Waals surface area contributed by atoms with Gasteiger partial charge in [-0.1, -0.05) is 6.92 Å². The number of rotatable bonds is 4. The molecule has 100 valence electrons. The van der Waals surface area contributed by atoms with Crippen molar-refractivity contribution in [2.24, 2.45) is 0 Å². The first kappa shape index (κ1) is 14.0. The zero-order valence-electron chi connectivity index (χ0n) is 10.6. The molecule has 0 saturated heterocycles. The van der Waals surface area contributed by atoms with Crippen molar-refractivity contribution in [3.63, 3.8) is 0 Å². The van der Waals surface area contributed by atoms with Crippen LogP contribution in [0.3, 0.4) is 0 Å². The average Bonchev–Trinajstić information content (AvgIpc) is 2.32. The molecular formula is C11H16N2O5. The Morgan fingerprint density at radius 3 is 2.11 bits per heavy atom. The maximum absolute atomic E-state index is 12.0. The van der Waals surface area contributed by atoms with Crippen molar-refractivity contribution in [3.05, 3.63) is 26.5 Å². The molecule has 0 saturated carbocycles. The first-order valence-electron chi connectivity index (χ1n) is 5.75. The first-order valence-corrected chi connectivity index (χ1v) is 5.75. The number of carbonyl (C=O) groups is 1. The van der Waals surface area contributed by atoms with Crippen molar-refractivity contribution in [2.75, 3.05) is 0 Å². The highest BCUT2D eigenvalue weighted by atomic mass is 16.7. The van der Waals surface area contributed by atoms with Crippen LogP contribution in [0.1, 0.15) is 26.5 Å². The summed E-state index contributed by atoms with van der Waals surface area (Å²) in [5.41, 5.74) is -0.842. The minimum atomic E-state index is -1.56. The van der Waals surface area contributed by atoms with Crippen LogP contribution in [0.2, 0.25) is 0 Å². The number of hydrogen-bond donors (Lipinski definition) is 1. The fraction of sp³-hybridized carbons (Fsp3) is 0.545. The number of aromatic nitrogens is 2. The molecule has 0 bridgehead atoms. The second-order valence-corrected chi connectivity index (χ2v) is 3.57. The van der Waals surface area contributed by atoms with Crippen LogP contribution < -0.4 is 16.0 Å². The third-order valence-corrected chi connectivity index (χ3v) is 2.65. The molecule has 0 aliphatic heterocycles. The summed E-state index contributed by atoms with van der Waals surface area (Å²) in [6, 6.07) is 0. The van der Waals surface area contributed by atoms with Crippen molar-refractivity contribution in [1.82, 2.24) is 9.13 Å². The second-order valence-electron chi connectivity index (χ2n) is 3.57. The third-order valence-electron chi connectivity index (χ3n) is 2.65. The first-order chi connectivity index (χ1) is 8.47. The molecule has 1 aromatic heterocycles. The monoisotopic (exact) mass is 256 g/mol. The van der Waals surface area contributed by atoms with Gasteiger partial charge in [0.2, 0.25) is 5.75 Å². The van der Waals surface area contributed by atoms with E-state index in [2.05, 4.69) is 4.74 Å². The molecule has 0 fully saturated rings. The number of carboxylic acid groups (broad SMARTS) is 1. The zero-order chi connectivity index (χ0) is 13.9. The molecule has 1 aromatic rings. The van der Waals surface area contributed by atoms with Crippen molar-refractivity contribution in [2.45, 2.75) is 40.3 Å². The van der Waals surface area contributed by atoms with Gasteiger partial charge in [-0.25, -0.2) is 9.59 Å². The summed E-state index contributed by atoms with van der Waals surface area (Å²) in [4.78, 5) is 34.6. The number of ether oxygens (including phenoxy) is 1. The molecule has 0 spiro atoms. The summed E-state index contributed by atoms with van der Waals surface area (Å²) >= 11 is 0. The van der Waals surface area contributed by atoms with Gasteiger partial charge in [-0.3, -0.25) is 13.9 Å². The maximum Gasteiger partial charge on any atom is 0.511 e. The van der Waals surface area contributed by atoms with Crippen molar-refractivity contribution in [1.29, 1.82) is 0 Å². The highest BCUT2D eigenvalue weighted by Crippen LogP contribution is 2.12. The maximum atomic E-state index is 12.0. The van der Waals surface area contributed by atoms with Gasteiger partial charge in [0, 0.05) is 13.1 Å². The number of nitrogens with zero attached hydrogens (tertiary/aromatic N) is 2. The van der Waals surface area contributed by atoms with E-state index in [1.165, 1.54) is 4.57 Å². The van der Waals surface area contributed by atoms with Gasteiger partial charge in [-0.2, -0.15) is 0 Å². The number of hydrogen-bond acceptors (Lipinski definition) is 4. The highest BCUT2D eigenvalue weighted by molar-refractivity contribution is 5.61. The van der Waals surface area contributed by atoms with Gasteiger partial charge in [-0.05, 0) is 20.3 Å². The predicted molar refractivity (Wildman–Crippen MR) is 64.3 cm³/mol. The van der Waals surface area contributed by atoms with Gasteiger partial charge in [0.1, 0.15) is 0 Å². The van der Waals surface area contributed by atoms with Gasteiger partial charge in [0.05, 0.1) is 5.69 Å². The molecule has 1 N–H and O–H groups in total. The molecule has 18 heavy (non-hydrogen) atoms. The van der Waals surface area contributed by atoms with E-state index in [-0.39, 0.29) is 12.3 Å². The van der Waals surface area contributed by atoms with Gasteiger partial charge >= 0.3 is 11.8 Å². The topological polar surface area (TPSA) is 90.5 Å². The van der Waals surface area contributed by atoms with E-state index in [4.69, 9.17) is 5.11 Å². The van der Waals surface area contributed by atoms with Crippen molar-refractivity contribution >= 4 is 6.16 Å². The zero-order valence-corrected chi connectivity index (χ0v) is 10.6. The van der Waals surface area contributed by atoms with E-state index in [0.717, 1.165) is 4.57 Å². The van der Waals surface area contributed by atoms with E-state index < -0.39 is 17.4 Å². The normalized spacial score (nSPS) is 10.4. The molecule has 0 atom stereocenters. The Morgan fingerprint density at radius 2 is 1.72 bits per heavy atom. The lowest BCUT2D eigenvalue weighted by molar-refractivity contribution is 0.142. The average molecular weight is 256 g/mol. The third kappa shape index (κ3) is 2.29. The van der Waals surface area contributed by atoms with Crippen LogP contribution in [-0.2, 0) is 19.5 Å². The Balaban J connectivity index is 3.72. The largest absolute Gasteiger partial charge is 0.511 e. The van der Waals surface area contributed by atoms with Gasteiger partial charge in [-0.15, -0.1) is 0 Å². The lowest BCUT2D eigenvalue weighted by Gasteiger charge is -2.15. The quantitative estimate of drug-likeness (QED) is 0.799. The summed E-state index contributed by atoms with van der Waals surface area (Å²) < 4.78 is 6.84. The van der Waals surface area contributed by atoms with Crippen molar-refractivity contribution in [3.8, 4) is 5.75 Å². The fourth-order valence-electron chi connectivity index (χ4n) is 1.86. The van der Waals surface area contributed by atoms with E-state index in [1.54, 1.807) is 20.8 Å². The Hall–Kier alpha value is -2.05. The van der Waals surface area contributed by atoms with E-state index in [1.807, 2.05) is 0 Å². The molecular weight excluding hydrogens is 240 g/mol. The summed E-state index contributed by atoms with van der Waals surface area (Å²) in [5.74, 6) is -0.284. The highest BCUT2D eigenvalue weighted by Gasteiger charge is 2.19. The summed E-state index contributed by atoms with van der Waals surface area (Å²) in [6.45, 7) is 5.62. The van der Waals surface area contributed by atoms with Crippen LogP contribution in [0, 0.1) is 0 Å². The Bertz CT molecular complexity index is 570. The molecule has 1 rings (SSSR count). The van der Waals surface area contributed by atoms with E-state index >= 15 is 0 Å². The molecule has 0 aliphatic rings. The molecule has 0 amide bonds. The van der Waals surface area contributed by atoms with Gasteiger partial charge in [0.25, 0.3) is 5.56 Å². The van der Waals surface area contributed by atoms with Gasteiger partial charge in [0.15, 0.2) is 0 Å². The Morgan fingerprint density at radius 1 is 1.17 bits per heavy atom. The minimum absolute atomic E-state index is 0.164. The molecule has 0 aliphatic carbocycles. The van der Waals surface area contributed by atoms with E-state index in [0.29, 0.717) is 18.7 Å². The molecule has 1 heterocycles. The summed E-state index contributed by atoms with van der Waals surface area (Å²) in [7, 11) is 0. The molecule has 7 heteroatoms. The van der Waals surface area contributed by atoms with Crippen molar-refractivity contribution < 1.29 is 14.6 Å². The summed E-state index contributed by atoms with van der Waals surface area (Å²) in [5, 5.41) is 8.65. The SMILES string of the molecule is CCc1c(OC(=O)O)c(=O)n(CC)c(=O)n1CC. The van der Waals surface area contributed by atoms with Crippen LogP contribution in [0.15, 0.2) is 9.59 Å². The Kier molecular flexibility index (Phi) is 4.30. The second kappa shape index (κ2) is 5.52. The minimum Gasteiger partial charge on any atom is -0.449 e. The fourth-order valence-corrected chi connectivity index (χ4v) is 1.86. The lowest BCUT2D eigenvalue weighted by Crippen LogP contribution is -2.42. The molecule has 0 aromatic carbocycles. The molecule has 0 unspecified atom stereocenters. The van der Waals surface area contributed by atoms with Gasteiger partial charge < -0.3 is 9.84 Å². The Labute approximate surface area is 103 Å². The lowest BCUT2D eigenvalue weighted by atomic mass is 10.3. The van der Waals surface area contributed by atoms with Crippen LogP contribution in [0.5, 0.6) is 5.75 Å². The van der Waals surface area contributed by atoms with Crippen LogP contribution in [-0.4, -0.2) is 20.4 Å². The predicted octanol–water partition coefficient (Wildman–Crippen LogP) is 0.669.